The van der Waals surface area contributed by atoms with Crippen LogP contribution in [0.4, 0.5) is 0 Å². The Labute approximate surface area is 110 Å². The Morgan fingerprint density at radius 2 is 1.72 bits per heavy atom. The number of aliphatic carboxylic acids is 1. The molecule has 0 heterocycles. The average molecular weight is 257 g/mol. The number of rotatable bonds is 11. The predicted octanol–water partition coefficient (Wildman–Crippen LogP) is 2.96. The van der Waals surface area contributed by atoms with Gasteiger partial charge in [0.1, 0.15) is 0 Å². The van der Waals surface area contributed by atoms with E-state index in [4.69, 9.17) is 5.11 Å². The van der Waals surface area contributed by atoms with Gasteiger partial charge in [0.15, 0.2) is 0 Å². The lowest BCUT2D eigenvalue weighted by molar-refractivity contribution is -0.141. The normalized spacial score (nSPS) is 12.1. The van der Waals surface area contributed by atoms with E-state index in [2.05, 4.69) is 12.2 Å². The van der Waals surface area contributed by atoms with E-state index in [1.165, 1.54) is 25.7 Å². The lowest BCUT2D eigenvalue weighted by atomic mass is 10.1. The first-order valence-corrected chi connectivity index (χ1v) is 7.07. The molecular formula is C14H27NO3. The molecule has 18 heavy (non-hydrogen) atoms. The van der Waals surface area contributed by atoms with Gasteiger partial charge >= 0.3 is 5.97 Å². The summed E-state index contributed by atoms with van der Waals surface area (Å²) in [5.74, 6) is -1.15. The summed E-state index contributed by atoms with van der Waals surface area (Å²) in [5, 5.41) is 11.4. The highest BCUT2D eigenvalue weighted by atomic mass is 16.4. The Morgan fingerprint density at radius 3 is 2.33 bits per heavy atom. The maximum Gasteiger partial charge on any atom is 0.306 e. The van der Waals surface area contributed by atoms with Gasteiger partial charge in [-0.2, -0.15) is 0 Å². The third-order valence-electron chi connectivity index (χ3n) is 3.08. The molecule has 1 amide bonds. The summed E-state index contributed by atoms with van der Waals surface area (Å²) >= 11 is 0. The first-order chi connectivity index (χ1) is 8.57. The van der Waals surface area contributed by atoms with E-state index in [1.807, 2.05) is 0 Å². The fourth-order valence-corrected chi connectivity index (χ4v) is 1.71. The minimum atomic E-state index is -0.805. The van der Waals surface area contributed by atoms with Crippen LogP contribution in [0.25, 0.3) is 0 Å². The molecule has 0 aliphatic rings. The molecule has 0 aliphatic heterocycles. The number of amides is 1. The van der Waals surface area contributed by atoms with Crippen molar-refractivity contribution in [3.05, 3.63) is 0 Å². The molecule has 0 aromatic carbocycles. The van der Waals surface area contributed by atoms with Gasteiger partial charge in [-0.05, 0) is 12.8 Å². The SMILES string of the molecule is CCCCCCCCC(=O)NCCC(C)C(=O)O. The number of unbranched alkanes of at least 4 members (excludes halogenated alkanes) is 5. The molecule has 0 rings (SSSR count). The quantitative estimate of drug-likeness (QED) is 0.559. The van der Waals surface area contributed by atoms with E-state index in [0.29, 0.717) is 19.4 Å². The van der Waals surface area contributed by atoms with Crippen molar-refractivity contribution in [3.63, 3.8) is 0 Å². The van der Waals surface area contributed by atoms with E-state index in [-0.39, 0.29) is 11.8 Å². The van der Waals surface area contributed by atoms with Crippen LogP contribution in [0.5, 0.6) is 0 Å². The summed E-state index contributed by atoms with van der Waals surface area (Å²) in [7, 11) is 0. The molecule has 4 nitrogen and oxygen atoms in total. The molecule has 0 fully saturated rings. The molecule has 0 radical (unpaired) electrons. The van der Waals surface area contributed by atoms with Gasteiger partial charge in [0.2, 0.25) is 5.91 Å². The van der Waals surface area contributed by atoms with Crippen LogP contribution in [0.2, 0.25) is 0 Å². The lowest BCUT2D eigenvalue weighted by Gasteiger charge is -2.07. The van der Waals surface area contributed by atoms with E-state index in [1.54, 1.807) is 6.92 Å². The van der Waals surface area contributed by atoms with Crippen molar-refractivity contribution in [3.8, 4) is 0 Å². The van der Waals surface area contributed by atoms with Crippen molar-refractivity contribution in [2.75, 3.05) is 6.54 Å². The summed E-state index contributed by atoms with van der Waals surface area (Å²) in [6.45, 7) is 4.30. The van der Waals surface area contributed by atoms with Crippen LogP contribution >= 0.6 is 0 Å². The van der Waals surface area contributed by atoms with Gasteiger partial charge in [-0.25, -0.2) is 0 Å². The van der Waals surface area contributed by atoms with Crippen LogP contribution in [0.15, 0.2) is 0 Å². The number of carbonyl (C=O) groups is 2. The standard InChI is InChI=1S/C14H27NO3/c1-3-4-5-6-7-8-9-13(16)15-11-10-12(2)14(17)18/h12H,3-11H2,1-2H3,(H,15,16)(H,17,18). The van der Waals surface area contributed by atoms with Crippen molar-refractivity contribution < 1.29 is 14.7 Å². The molecule has 1 unspecified atom stereocenters. The van der Waals surface area contributed by atoms with Gasteiger partial charge in [0.25, 0.3) is 0 Å². The molecule has 106 valence electrons. The third kappa shape index (κ3) is 10.1. The highest BCUT2D eigenvalue weighted by Crippen LogP contribution is 2.06. The second kappa shape index (κ2) is 11.1. The van der Waals surface area contributed by atoms with E-state index >= 15 is 0 Å². The van der Waals surface area contributed by atoms with Gasteiger partial charge in [-0.15, -0.1) is 0 Å². The number of nitrogens with one attached hydrogen (secondary N) is 1. The Hall–Kier alpha value is -1.06. The third-order valence-corrected chi connectivity index (χ3v) is 3.08. The molecule has 4 heteroatoms. The monoisotopic (exact) mass is 257 g/mol. The van der Waals surface area contributed by atoms with Crippen molar-refractivity contribution >= 4 is 11.9 Å². The molecule has 2 N–H and O–H groups in total. The van der Waals surface area contributed by atoms with E-state index < -0.39 is 5.97 Å². The van der Waals surface area contributed by atoms with Crippen molar-refractivity contribution in [2.45, 2.75) is 65.2 Å². The number of hydrogen-bond acceptors (Lipinski definition) is 2. The summed E-state index contributed by atoms with van der Waals surface area (Å²) < 4.78 is 0. The zero-order valence-electron chi connectivity index (χ0n) is 11.7. The van der Waals surface area contributed by atoms with Crippen molar-refractivity contribution in [1.82, 2.24) is 5.32 Å². The Kier molecular flexibility index (Phi) is 10.4. The summed E-state index contributed by atoms with van der Waals surface area (Å²) in [5.41, 5.74) is 0. The van der Waals surface area contributed by atoms with Crippen LogP contribution in [-0.4, -0.2) is 23.5 Å². The molecule has 0 bridgehead atoms. The Bertz CT molecular complexity index is 241. The fourth-order valence-electron chi connectivity index (χ4n) is 1.71. The second-order valence-corrected chi connectivity index (χ2v) is 4.90. The van der Waals surface area contributed by atoms with Crippen LogP contribution in [0, 0.1) is 5.92 Å². The number of carboxylic acids is 1. The van der Waals surface area contributed by atoms with Gasteiger partial charge in [0, 0.05) is 13.0 Å². The van der Waals surface area contributed by atoms with Gasteiger partial charge in [0.05, 0.1) is 5.92 Å². The predicted molar refractivity (Wildman–Crippen MR) is 72.4 cm³/mol. The minimum absolute atomic E-state index is 0.0445. The lowest BCUT2D eigenvalue weighted by Crippen LogP contribution is -2.26. The highest BCUT2D eigenvalue weighted by molar-refractivity contribution is 5.75. The Morgan fingerprint density at radius 1 is 1.11 bits per heavy atom. The molecule has 1 atom stereocenters. The molecule has 0 saturated heterocycles. The topological polar surface area (TPSA) is 66.4 Å². The maximum absolute atomic E-state index is 11.4. The molecule has 0 spiro atoms. The molecule has 0 aromatic rings. The summed E-state index contributed by atoms with van der Waals surface area (Å²) in [6.07, 6.45) is 8.08. The van der Waals surface area contributed by atoms with Crippen LogP contribution < -0.4 is 5.32 Å². The largest absolute Gasteiger partial charge is 0.481 e. The number of carboxylic acid groups (broad SMARTS) is 1. The van der Waals surface area contributed by atoms with Crippen molar-refractivity contribution in [2.24, 2.45) is 5.92 Å². The average Bonchev–Trinajstić information content (AvgIpc) is 2.33. The maximum atomic E-state index is 11.4. The minimum Gasteiger partial charge on any atom is -0.481 e. The van der Waals surface area contributed by atoms with Gasteiger partial charge < -0.3 is 10.4 Å². The molecule has 0 saturated carbocycles. The van der Waals surface area contributed by atoms with Gasteiger partial charge in [-0.3, -0.25) is 9.59 Å². The Balaban J connectivity index is 3.35. The molecular weight excluding hydrogens is 230 g/mol. The first kappa shape index (κ1) is 16.9. The van der Waals surface area contributed by atoms with Crippen molar-refractivity contribution in [1.29, 1.82) is 0 Å². The highest BCUT2D eigenvalue weighted by Gasteiger charge is 2.10. The summed E-state index contributed by atoms with van der Waals surface area (Å²) in [4.78, 5) is 22.0. The van der Waals surface area contributed by atoms with E-state index in [0.717, 1.165) is 12.8 Å². The molecule has 0 aromatic heterocycles. The molecule has 0 aliphatic carbocycles. The summed E-state index contributed by atoms with van der Waals surface area (Å²) in [6, 6.07) is 0. The second-order valence-electron chi connectivity index (χ2n) is 4.90. The number of carbonyl (C=O) groups excluding carboxylic acids is 1. The van der Waals surface area contributed by atoms with E-state index in [9.17, 15) is 9.59 Å². The first-order valence-electron chi connectivity index (χ1n) is 7.07. The smallest absolute Gasteiger partial charge is 0.306 e. The number of hydrogen-bond donors (Lipinski definition) is 2. The van der Waals surface area contributed by atoms with Gasteiger partial charge in [-0.1, -0.05) is 46.0 Å². The fraction of sp³-hybridized carbons (Fsp3) is 0.857. The van der Waals surface area contributed by atoms with Crippen LogP contribution in [-0.2, 0) is 9.59 Å². The zero-order valence-corrected chi connectivity index (χ0v) is 11.7. The zero-order chi connectivity index (χ0) is 13.8. The van der Waals surface area contributed by atoms with Crippen LogP contribution in [0.3, 0.4) is 0 Å². The van der Waals surface area contributed by atoms with Crippen LogP contribution in [0.1, 0.15) is 65.2 Å².